The van der Waals surface area contributed by atoms with Gasteiger partial charge in [-0.1, -0.05) is 0 Å². The molecule has 1 fully saturated rings. The topological polar surface area (TPSA) is 31.4 Å². The second-order valence-corrected chi connectivity index (χ2v) is 7.81. The van der Waals surface area contributed by atoms with Crippen LogP contribution in [0.5, 0.6) is 0 Å². The minimum Gasteiger partial charge on any atom is -0.344 e. The lowest BCUT2D eigenvalue weighted by Gasteiger charge is -2.26. The van der Waals surface area contributed by atoms with Gasteiger partial charge in [-0.15, -0.1) is 11.3 Å². The van der Waals surface area contributed by atoms with E-state index < -0.39 is 0 Å². The Hall–Kier alpha value is -0.650. The molecule has 0 amide bonds. The van der Waals surface area contributed by atoms with Gasteiger partial charge in [-0.3, -0.25) is 0 Å². The first-order chi connectivity index (χ1) is 9.35. The quantitative estimate of drug-likeness (QED) is 0.905. The zero-order chi connectivity index (χ0) is 14.8. The second kappa shape index (κ2) is 6.41. The number of hydrogen-bond acceptors (Lipinski definition) is 5. The minimum absolute atomic E-state index is 0.144. The van der Waals surface area contributed by atoms with Gasteiger partial charge in [0.2, 0.25) is 0 Å². The summed E-state index contributed by atoms with van der Waals surface area (Å²) in [5.74, 6) is 0. The van der Waals surface area contributed by atoms with E-state index in [-0.39, 0.29) is 5.54 Å². The predicted octanol–water partition coefficient (Wildman–Crippen LogP) is 2.56. The van der Waals surface area contributed by atoms with Crippen molar-refractivity contribution in [1.82, 2.24) is 15.2 Å². The average molecular weight is 296 g/mol. The molecule has 1 aromatic heterocycles. The van der Waals surface area contributed by atoms with E-state index in [1.807, 2.05) is 0 Å². The summed E-state index contributed by atoms with van der Waals surface area (Å²) in [6.45, 7) is 9.69. The molecule has 0 spiro atoms. The molecule has 5 heteroatoms. The van der Waals surface area contributed by atoms with Gasteiger partial charge in [0.1, 0.15) is 0 Å². The van der Waals surface area contributed by atoms with E-state index >= 15 is 0 Å². The number of anilines is 1. The monoisotopic (exact) mass is 296 g/mol. The van der Waals surface area contributed by atoms with Crippen LogP contribution in [0.25, 0.3) is 0 Å². The molecule has 1 atom stereocenters. The van der Waals surface area contributed by atoms with Crippen LogP contribution >= 0.6 is 11.3 Å². The van der Waals surface area contributed by atoms with Gasteiger partial charge in [0.05, 0.1) is 5.69 Å². The Morgan fingerprint density at radius 1 is 1.45 bits per heavy atom. The summed E-state index contributed by atoms with van der Waals surface area (Å²) in [5.41, 5.74) is 1.31. The molecule has 2 rings (SSSR count). The molecule has 1 N–H and O–H groups in total. The molecule has 0 aromatic carbocycles. The smallest absolute Gasteiger partial charge is 0.185 e. The summed E-state index contributed by atoms with van der Waals surface area (Å²) < 4.78 is 0. The molecular formula is C15H28N4S. The van der Waals surface area contributed by atoms with Crippen molar-refractivity contribution < 1.29 is 0 Å². The predicted molar refractivity (Wildman–Crippen MR) is 87.6 cm³/mol. The van der Waals surface area contributed by atoms with Crippen molar-refractivity contribution in [1.29, 1.82) is 0 Å². The van der Waals surface area contributed by atoms with Crippen molar-refractivity contribution in [2.45, 2.75) is 51.7 Å². The van der Waals surface area contributed by atoms with E-state index in [0.29, 0.717) is 6.04 Å². The fraction of sp³-hybridized carbons (Fsp3) is 0.800. The van der Waals surface area contributed by atoms with Crippen LogP contribution in [0.4, 0.5) is 5.13 Å². The Labute approximate surface area is 127 Å². The van der Waals surface area contributed by atoms with Gasteiger partial charge in [-0.2, -0.15) is 0 Å². The normalized spacial score (nSPS) is 20.1. The van der Waals surface area contributed by atoms with Crippen molar-refractivity contribution in [3.8, 4) is 0 Å². The minimum atomic E-state index is 0.144. The summed E-state index contributed by atoms with van der Waals surface area (Å²) in [6, 6.07) is 0.625. The van der Waals surface area contributed by atoms with Crippen LogP contribution in [0.1, 0.15) is 39.3 Å². The highest BCUT2D eigenvalue weighted by Crippen LogP contribution is 2.29. The summed E-state index contributed by atoms with van der Waals surface area (Å²) in [4.78, 5) is 9.58. The first-order valence-electron chi connectivity index (χ1n) is 7.46. The molecule has 1 aliphatic heterocycles. The molecule has 0 radical (unpaired) electrons. The van der Waals surface area contributed by atoms with Crippen LogP contribution in [0.15, 0.2) is 5.38 Å². The standard InChI is InChI=1S/C15H28N4S/c1-15(2,3)16-9-12-11-20-14(17-12)19-8-6-7-13(19)10-18(4)5/h11,13,16H,6-10H2,1-5H3. The maximum Gasteiger partial charge on any atom is 0.185 e. The number of rotatable bonds is 5. The molecule has 114 valence electrons. The number of nitrogens with one attached hydrogen (secondary N) is 1. The zero-order valence-electron chi connectivity index (χ0n) is 13.4. The summed E-state index contributed by atoms with van der Waals surface area (Å²) in [7, 11) is 4.30. The van der Waals surface area contributed by atoms with E-state index in [9.17, 15) is 0 Å². The highest BCUT2D eigenvalue weighted by molar-refractivity contribution is 7.13. The van der Waals surface area contributed by atoms with Gasteiger partial charge < -0.3 is 15.1 Å². The lowest BCUT2D eigenvalue weighted by atomic mass is 10.1. The van der Waals surface area contributed by atoms with Gasteiger partial charge in [-0.25, -0.2) is 4.98 Å². The number of aromatic nitrogens is 1. The molecular weight excluding hydrogens is 268 g/mol. The van der Waals surface area contributed by atoms with E-state index in [0.717, 1.165) is 25.3 Å². The van der Waals surface area contributed by atoms with E-state index in [1.54, 1.807) is 11.3 Å². The molecule has 1 unspecified atom stereocenters. The van der Waals surface area contributed by atoms with Crippen LogP contribution in [0.2, 0.25) is 0 Å². The summed E-state index contributed by atoms with van der Waals surface area (Å²) in [5, 5.41) is 6.89. The van der Waals surface area contributed by atoms with Gasteiger partial charge in [0.15, 0.2) is 5.13 Å². The second-order valence-electron chi connectivity index (χ2n) is 6.98. The number of thiazole rings is 1. The van der Waals surface area contributed by atoms with Gasteiger partial charge in [0.25, 0.3) is 0 Å². The molecule has 2 heterocycles. The number of hydrogen-bond donors (Lipinski definition) is 1. The fourth-order valence-corrected chi connectivity index (χ4v) is 3.49. The summed E-state index contributed by atoms with van der Waals surface area (Å²) in [6.07, 6.45) is 2.57. The van der Waals surface area contributed by atoms with Gasteiger partial charge in [-0.05, 0) is 47.7 Å². The average Bonchev–Trinajstić information content (AvgIpc) is 2.92. The first kappa shape index (κ1) is 15.7. The number of likely N-dealkylation sites (N-methyl/N-ethyl adjacent to an activating group) is 1. The molecule has 20 heavy (non-hydrogen) atoms. The maximum absolute atomic E-state index is 4.82. The molecule has 1 saturated heterocycles. The Morgan fingerprint density at radius 3 is 2.85 bits per heavy atom. The van der Waals surface area contributed by atoms with E-state index in [1.165, 1.54) is 18.0 Å². The molecule has 0 saturated carbocycles. The Bertz CT molecular complexity index is 422. The third-order valence-corrected chi connectivity index (χ3v) is 4.46. The molecule has 0 bridgehead atoms. The van der Waals surface area contributed by atoms with Gasteiger partial charge >= 0.3 is 0 Å². The largest absolute Gasteiger partial charge is 0.344 e. The first-order valence-corrected chi connectivity index (χ1v) is 8.34. The molecule has 1 aromatic rings. The lowest BCUT2D eigenvalue weighted by molar-refractivity contribution is 0.372. The van der Waals surface area contributed by atoms with Crippen LogP contribution < -0.4 is 10.2 Å². The van der Waals surface area contributed by atoms with Crippen molar-refractivity contribution in [3.05, 3.63) is 11.1 Å². The zero-order valence-corrected chi connectivity index (χ0v) is 14.3. The Kier molecular flexibility index (Phi) is 5.04. The van der Waals surface area contributed by atoms with Gasteiger partial charge in [0, 0.05) is 36.6 Å². The third-order valence-electron chi connectivity index (χ3n) is 3.54. The molecule has 1 aliphatic rings. The van der Waals surface area contributed by atoms with Crippen LogP contribution in [-0.2, 0) is 6.54 Å². The van der Waals surface area contributed by atoms with Crippen LogP contribution in [0.3, 0.4) is 0 Å². The van der Waals surface area contributed by atoms with E-state index in [4.69, 9.17) is 4.98 Å². The summed E-state index contributed by atoms with van der Waals surface area (Å²) >= 11 is 1.78. The lowest BCUT2D eigenvalue weighted by Crippen LogP contribution is -2.37. The van der Waals surface area contributed by atoms with Crippen LogP contribution in [-0.4, -0.2) is 48.6 Å². The Balaban J connectivity index is 1.97. The number of nitrogens with zero attached hydrogens (tertiary/aromatic N) is 3. The van der Waals surface area contributed by atoms with Crippen molar-refractivity contribution >= 4 is 16.5 Å². The highest BCUT2D eigenvalue weighted by atomic mass is 32.1. The van der Waals surface area contributed by atoms with Crippen molar-refractivity contribution in [2.75, 3.05) is 32.1 Å². The van der Waals surface area contributed by atoms with Crippen molar-refractivity contribution in [2.24, 2.45) is 0 Å². The van der Waals surface area contributed by atoms with E-state index in [2.05, 4.69) is 55.4 Å². The third kappa shape index (κ3) is 4.43. The fourth-order valence-electron chi connectivity index (χ4n) is 2.56. The highest BCUT2D eigenvalue weighted by Gasteiger charge is 2.27. The van der Waals surface area contributed by atoms with Crippen LogP contribution in [0, 0.1) is 0 Å². The Morgan fingerprint density at radius 2 is 2.20 bits per heavy atom. The molecule has 0 aliphatic carbocycles. The maximum atomic E-state index is 4.82. The molecule has 4 nitrogen and oxygen atoms in total. The SMILES string of the molecule is CN(C)CC1CCCN1c1nc(CNC(C)(C)C)cs1. The van der Waals surface area contributed by atoms with Crippen molar-refractivity contribution in [3.63, 3.8) is 0 Å².